The fourth-order valence-corrected chi connectivity index (χ4v) is 3.70. The van der Waals surface area contributed by atoms with Gasteiger partial charge in [-0.05, 0) is 31.7 Å². The number of aryl methyl sites for hydroxylation is 1. The monoisotopic (exact) mass is 391 g/mol. The van der Waals surface area contributed by atoms with Gasteiger partial charge in [-0.15, -0.1) is 0 Å². The van der Waals surface area contributed by atoms with E-state index in [1.165, 1.54) is 0 Å². The van der Waals surface area contributed by atoms with E-state index in [1.807, 2.05) is 41.8 Å². The van der Waals surface area contributed by atoms with E-state index in [0.29, 0.717) is 36.5 Å². The van der Waals surface area contributed by atoms with E-state index in [1.54, 1.807) is 12.4 Å². The minimum absolute atomic E-state index is 0.130. The molecule has 1 aliphatic heterocycles. The van der Waals surface area contributed by atoms with Crippen LogP contribution < -0.4 is 15.6 Å². The van der Waals surface area contributed by atoms with E-state index in [2.05, 4.69) is 20.2 Å². The van der Waals surface area contributed by atoms with E-state index in [0.717, 1.165) is 31.5 Å². The molecule has 150 valence electrons. The number of rotatable bonds is 6. The van der Waals surface area contributed by atoms with Crippen molar-refractivity contribution in [1.82, 2.24) is 19.9 Å². The third-order valence-electron chi connectivity index (χ3n) is 5.32. The standard InChI is InChI=1S/C22H25N5O2/c1-2-26-15-18(21(29)23-11-10-16-8-4-3-5-9-16)19(28)17-14-24-22(25-20(17)26)27-12-6-7-13-27/h3-5,8-9,14-15H,2,6-7,10-13H2,1H3,(H,23,29). The van der Waals surface area contributed by atoms with E-state index in [-0.39, 0.29) is 16.9 Å². The van der Waals surface area contributed by atoms with Crippen LogP contribution in [-0.2, 0) is 13.0 Å². The van der Waals surface area contributed by atoms with Crippen LogP contribution in [0.15, 0.2) is 47.5 Å². The highest BCUT2D eigenvalue weighted by Gasteiger charge is 2.19. The zero-order chi connectivity index (χ0) is 20.2. The molecule has 0 spiro atoms. The minimum atomic E-state index is -0.362. The highest BCUT2D eigenvalue weighted by atomic mass is 16.2. The van der Waals surface area contributed by atoms with Crippen molar-refractivity contribution in [2.45, 2.75) is 32.7 Å². The third-order valence-corrected chi connectivity index (χ3v) is 5.32. The van der Waals surface area contributed by atoms with Crippen molar-refractivity contribution in [2.75, 3.05) is 24.5 Å². The Labute approximate surface area is 169 Å². The molecule has 0 radical (unpaired) electrons. The molecule has 1 amide bonds. The van der Waals surface area contributed by atoms with E-state index < -0.39 is 0 Å². The maximum absolute atomic E-state index is 12.9. The van der Waals surface area contributed by atoms with Crippen molar-refractivity contribution in [3.63, 3.8) is 0 Å². The quantitative estimate of drug-likeness (QED) is 0.698. The predicted octanol–water partition coefficient (Wildman–Crippen LogP) is 2.38. The highest BCUT2D eigenvalue weighted by Crippen LogP contribution is 2.18. The van der Waals surface area contributed by atoms with Crippen molar-refractivity contribution in [3.05, 3.63) is 64.1 Å². The van der Waals surface area contributed by atoms with Crippen LogP contribution in [0.5, 0.6) is 0 Å². The van der Waals surface area contributed by atoms with Gasteiger partial charge in [0, 0.05) is 38.6 Å². The van der Waals surface area contributed by atoms with Gasteiger partial charge in [-0.3, -0.25) is 9.59 Å². The number of aromatic nitrogens is 3. The maximum atomic E-state index is 12.9. The first-order valence-corrected chi connectivity index (χ1v) is 10.1. The Balaban J connectivity index is 1.59. The van der Waals surface area contributed by atoms with Crippen LogP contribution in [0.4, 0.5) is 5.95 Å². The summed E-state index contributed by atoms with van der Waals surface area (Å²) in [4.78, 5) is 36.8. The average molecular weight is 391 g/mol. The Bertz CT molecular complexity index is 1070. The number of hydrogen-bond acceptors (Lipinski definition) is 5. The Kier molecular flexibility index (Phi) is 5.55. The SMILES string of the molecule is CCn1cc(C(=O)NCCc2ccccc2)c(=O)c2cnc(N3CCCC3)nc21. The molecule has 1 saturated heterocycles. The largest absolute Gasteiger partial charge is 0.352 e. The van der Waals surface area contributed by atoms with E-state index in [4.69, 9.17) is 0 Å². The molecule has 0 unspecified atom stereocenters. The lowest BCUT2D eigenvalue weighted by Crippen LogP contribution is -2.31. The van der Waals surface area contributed by atoms with Crippen molar-refractivity contribution >= 4 is 22.9 Å². The molecule has 29 heavy (non-hydrogen) atoms. The molecule has 7 heteroatoms. The topological polar surface area (TPSA) is 80.1 Å². The average Bonchev–Trinajstić information content (AvgIpc) is 3.29. The summed E-state index contributed by atoms with van der Waals surface area (Å²) in [5.74, 6) is 0.287. The normalized spacial score (nSPS) is 13.8. The predicted molar refractivity (Wildman–Crippen MR) is 113 cm³/mol. The molecule has 1 aliphatic rings. The van der Waals surface area contributed by atoms with Crippen molar-refractivity contribution in [2.24, 2.45) is 0 Å². The number of nitrogens with zero attached hydrogens (tertiary/aromatic N) is 4. The zero-order valence-corrected chi connectivity index (χ0v) is 16.6. The highest BCUT2D eigenvalue weighted by molar-refractivity contribution is 5.96. The third kappa shape index (κ3) is 3.99. The first kappa shape index (κ1) is 19.1. The van der Waals surface area contributed by atoms with Crippen LogP contribution in [0, 0.1) is 0 Å². The summed E-state index contributed by atoms with van der Waals surface area (Å²) in [6, 6.07) is 9.93. The summed E-state index contributed by atoms with van der Waals surface area (Å²) in [5.41, 5.74) is 1.52. The van der Waals surface area contributed by atoms with Gasteiger partial charge < -0.3 is 14.8 Å². The van der Waals surface area contributed by atoms with Crippen LogP contribution in [0.2, 0.25) is 0 Å². The van der Waals surface area contributed by atoms with Gasteiger partial charge in [-0.1, -0.05) is 30.3 Å². The van der Waals surface area contributed by atoms with Crippen LogP contribution in [0.1, 0.15) is 35.7 Å². The smallest absolute Gasteiger partial charge is 0.256 e. The summed E-state index contributed by atoms with van der Waals surface area (Å²) in [5, 5.41) is 3.24. The van der Waals surface area contributed by atoms with E-state index in [9.17, 15) is 9.59 Å². The first-order chi connectivity index (χ1) is 14.2. The summed E-state index contributed by atoms with van der Waals surface area (Å²) >= 11 is 0. The van der Waals surface area contributed by atoms with Crippen molar-refractivity contribution in [1.29, 1.82) is 0 Å². The summed E-state index contributed by atoms with van der Waals surface area (Å²) in [6.45, 7) is 4.92. The number of fused-ring (bicyclic) bond motifs is 1. The molecule has 0 bridgehead atoms. The van der Waals surface area contributed by atoms with E-state index >= 15 is 0 Å². The van der Waals surface area contributed by atoms with Gasteiger partial charge in [0.15, 0.2) is 0 Å². The Morgan fingerprint density at radius 3 is 2.66 bits per heavy atom. The van der Waals surface area contributed by atoms with Crippen LogP contribution in [0.3, 0.4) is 0 Å². The van der Waals surface area contributed by atoms with Crippen LogP contribution >= 0.6 is 0 Å². The Morgan fingerprint density at radius 1 is 1.17 bits per heavy atom. The number of benzene rings is 1. The number of carbonyl (C=O) groups is 1. The molecule has 1 fully saturated rings. The second-order valence-electron chi connectivity index (χ2n) is 7.25. The fraction of sp³-hybridized carbons (Fsp3) is 0.364. The summed E-state index contributed by atoms with van der Waals surface area (Å²) in [6.07, 6.45) is 6.15. The van der Waals surface area contributed by atoms with Crippen molar-refractivity contribution in [3.8, 4) is 0 Å². The number of pyridine rings is 1. The van der Waals surface area contributed by atoms with Gasteiger partial charge in [0.25, 0.3) is 5.91 Å². The molecule has 0 aliphatic carbocycles. The molecule has 3 heterocycles. The second-order valence-corrected chi connectivity index (χ2v) is 7.25. The number of anilines is 1. The molecule has 7 nitrogen and oxygen atoms in total. The van der Waals surface area contributed by atoms with Gasteiger partial charge in [0.1, 0.15) is 11.2 Å². The maximum Gasteiger partial charge on any atom is 0.256 e. The lowest BCUT2D eigenvalue weighted by atomic mass is 10.1. The Morgan fingerprint density at radius 2 is 1.93 bits per heavy atom. The Hall–Kier alpha value is -3.22. The van der Waals surface area contributed by atoms with Gasteiger partial charge in [0.05, 0.1) is 5.39 Å². The molecule has 0 atom stereocenters. The fourth-order valence-electron chi connectivity index (χ4n) is 3.70. The molecule has 2 aromatic heterocycles. The number of hydrogen-bond donors (Lipinski definition) is 1. The summed E-state index contributed by atoms with van der Waals surface area (Å²) < 4.78 is 1.85. The number of nitrogens with one attached hydrogen (secondary N) is 1. The van der Waals surface area contributed by atoms with Gasteiger partial charge >= 0.3 is 0 Å². The number of amides is 1. The number of carbonyl (C=O) groups excluding carboxylic acids is 1. The lowest BCUT2D eigenvalue weighted by Gasteiger charge is -2.17. The summed E-state index contributed by atoms with van der Waals surface area (Å²) in [7, 11) is 0. The molecule has 3 aromatic rings. The van der Waals surface area contributed by atoms with Crippen LogP contribution in [0.25, 0.3) is 11.0 Å². The molecular weight excluding hydrogens is 366 g/mol. The van der Waals surface area contributed by atoms with Gasteiger partial charge in [-0.2, -0.15) is 4.98 Å². The molecular formula is C22H25N5O2. The van der Waals surface area contributed by atoms with Gasteiger partial charge in [0.2, 0.25) is 11.4 Å². The minimum Gasteiger partial charge on any atom is -0.352 e. The second kappa shape index (κ2) is 8.43. The van der Waals surface area contributed by atoms with Gasteiger partial charge in [-0.25, -0.2) is 4.98 Å². The lowest BCUT2D eigenvalue weighted by molar-refractivity contribution is 0.0952. The molecule has 1 N–H and O–H groups in total. The van der Waals surface area contributed by atoms with Crippen molar-refractivity contribution < 1.29 is 4.79 Å². The zero-order valence-electron chi connectivity index (χ0n) is 16.6. The molecule has 4 rings (SSSR count). The van der Waals surface area contributed by atoms with Crippen LogP contribution in [-0.4, -0.2) is 40.1 Å². The first-order valence-electron chi connectivity index (χ1n) is 10.1. The molecule has 0 saturated carbocycles. The molecule has 1 aromatic carbocycles.